The molecule has 0 spiro atoms. The van der Waals surface area contributed by atoms with Gasteiger partial charge >= 0.3 is 6.18 Å². The van der Waals surface area contributed by atoms with Crippen LogP contribution in [0.1, 0.15) is 36.7 Å². The molecule has 2 aromatic heterocycles. The van der Waals surface area contributed by atoms with Gasteiger partial charge in [0.25, 0.3) is 5.56 Å². The van der Waals surface area contributed by atoms with Crippen molar-refractivity contribution in [1.82, 2.24) is 25.2 Å². The number of anilines is 1. The highest BCUT2D eigenvalue weighted by atomic mass is 32.1. The zero-order chi connectivity index (χ0) is 23.9. The average Bonchev–Trinajstić information content (AvgIpc) is 3.57. The quantitative estimate of drug-likeness (QED) is 0.569. The van der Waals surface area contributed by atoms with Gasteiger partial charge in [-0.05, 0) is 31.4 Å². The maximum Gasteiger partial charge on any atom is 0.449 e. The Bertz CT molecular complexity index is 1250. The van der Waals surface area contributed by atoms with Gasteiger partial charge in [-0.3, -0.25) is 14.2 Å². The lowest BCUT2D eigenvalue weighted by molar-refractivity contribution is -0.148. The normalized spacial score (nSPS) is 20.9. The molecule has 4 heterocycles. The molecule has 1 aromatic carbocycles. The molecule has 0 bridgehead atoms. The summed E-state index contributed by atoms with van der Waals surface area (Å²) in [7, 11) is 0. The first kappa shape index (κ1) is 22.8. The third-order valence-corrected chi connectivity index (χ3v) is 7.21. The SMILES string of the molecule is O=C(NCc1ccccc1)C1CCCN1c1nc2c(=O)n(C3CCNC3)c(C(F)(F)F)nc2s1. The molecule has 12 heteroatoms. The van der Waals surface area contributed by atoms with Crippen LogP contribution in [0.15, 0.2) is 35.1 Å². The molecule has 2 atom stereocenters. The molecule has 0 saturated carbocycles. The number of rotatable bonds is 5. The van der Waals surface area contributed by atoms with Crippen LogP contribution >= 0.6 is 11.3 Å². The number of thiazole rings is 1. The molecule has 5 rings (SSSR count). The lowest BCUT2D eigenvalue weighted by atomic mass is 10.2. The number of fused-ring (bicyclic) bond motifs is 1. The fourth-order valence-corrected chi connectivity index (χ4v) is 5.58. The Morgan fingerprint density at radius 2 is 2.00 bits per heavy atom. The van der Waals surface area contributed by atoms with Crippen molar-refractivity contribution in [2.45, 2.75) is 44.1 Å². The zero-order valence-electron chi connectivity index (χ0n) is 18.1. The highest BCUT2D eigenvalue weighted by Crippen LogP contribution is 2.35. The number of amides is 1. The lowest BCUT2D eigenvalue weighted by Gasteiger charge is -2.23. The standard InChI is InChI=1S/C22H23F3N6O2S/c23-22(24,25)20-29-18-16(19(33)31(20)14-8-9-26-12-14)28-21(34-18)30-10-4-7-15(30)17(32)27-11-13-5-2-1-3-6-13/h1-3,5-6,14-15,26H,4,7-12H2,(H,27,32). The first-order valence-electron chi connectivity index (χ1n) is 11.1. The van der Waals surface area contributed by atoms with Crippen LogP contribution in [0.3, 0.4) is 0 Å². The van der Waals surface area contributed by atoms with E-state index in [1.165, 1.54) is 0 Å². The Morgan fingerprint density at radius 1 is 1.21 bits per heavy atom. The average molecular weight is 493 g/mol. The number of alkyl halides is 3. The van der Waals surface area contributed by atoms with Crippen LogP contribution in [0.2, 0.25) is 0 Å². The van der Waals surface area contributed by atoms with Crippen LogP contribution in [0, 0.1) is 0 Å². The van der Waals surface area contributed by atoms with Gasteiger partial charge in [-0.25, -0.2) is 9.97 Å². The number of halogens is 3. The summed E-state index contributed by atoms with van der Waals surface area (Å²) in [5.74, 6) is -1.38. The number of benzene rings is 1. The minimum absolute atomic E-state index is 0.0649. The van der Waals surface area contributed by atoms with Crippen LogP contribution < -0.4 is 21.1 Å². The molecule has 8 nitrogen and oxygen atoms in total. The van der Waals surface area contributed by atoms with Crippen molar-refractivity contribution in [3.05, 3.63) is 52.1 Å². The molecule has 2 aliphatic heterocycles. The van der Waals surface area contributed by atoms with E-state index in [2.05, 4.69) is 20.6 Å². The second kappa shape index (κ2) is 8.99. The first-order chi connectivity index (χ1) is 16.3. The maximum atomic E-state index is 13.8. The summed E-state index contributed by atoms with van der Waals surface area (Å²) < 4.78 is 42.1. The molecule has 1 amide bonds. The Morgan fingerprint density at radius 3 is 2.71 bits per heavy atom. The van der Waals surface area contributed by atoms with E-state index in [4.69, 9.17) is 0 Å². The predicted molar refractivity (Wildman–Crippen MR) is 122 cm³/mol. The number of hydrogen-bond donors (Lipinski definition) is 2. The van der Waals surface area contributed by atoms with Crippen molar-refractivity contribution in [3.8, 4) is 0 Å². The van der Waals surface area contributed by atoms with Crippen LogP contribution in [-0.2, 0) is 17.5 Å². The minimum Gasteiger partial charge on any atom is -0.350 e. The molecule has 180 valence electrons. The lowest BCUT2D eigenvalue weighted by Crippen LogP contribution is -2.43. The largest absolute Gasteiger partial charge is 0.449 e. The zero-order valence-corrected chi connectivity index (χ0v) is 19.0. The van der Waals surface area contributed by atoms with Gasteiger partial charge in [-0.2, -0.15) is 13.2 Å². The molecule has 0 aliphatic carbocycles. The van der Waals surface area contributed by atoms with Crippen molar-refractivity contribution >= 4 is 32.7 Å². The van der Waals surface area contributed by atoms with Gasteiger partial charge in [0.1, 0.15) is 6.04 Å². The van der Waals surface area contributed by atoms with Crippen LogP contribution in [0.25, 0.3) is 10.3 Å². The Balaban J connectivity index is 1.46. The van der Waals surface area contributed by atoms with Crippen molar-refractivity contribution < 1.29 is 18.0 Å². The molecule has 3 aromatic rings. The third-order valence-electron chi connectivity index (χ3n) is 6.22. The molecule has 2 fully saturated rings. The van der Waals surface area contributed by atoms with E-state index >= 15 is 0 Å². The third kappa shape index (κ3) is 4.27. The number of carbonyl (C=O) groups excluding carboxylic acids is 1. The minimum atomic E-state index is -4.77. The summed E-state index contributed by atoms with van der Waals surface area (Å²) in [4.78, 5) is 35.9. The highest BCUT2D eigenvalue weighted by Gasteiger charge is 2.41. The van der Waals surface area contributed by atoms with Gasteiger partial charge in [-0.1, -0.05) is 41.7 Å². The topological polar surface area (TPSA) is 92.2 Å². The van der Waals surface area contributed by atoms with Gasteiger partial charge in [-0.15, -0.1) is 0 Å². The second-order valence-corrected chi connectivity index (χ2v) is 9.42. The van der Waals surface area contributed by atoms with E-state index in [0.717, 1.165) is 27.9 Å². The van der Waals surface area contributed by atoms with Crippen LogP contribution in [0.4, 0.5) is 18.3 Å². The van der Waals surface area contributed by atoms with Crippen molar-refractivity contribution in [2.24, 2.45) is 0 Å². The number of nitrogens with one attached hydrogen (secondary N) is 2. The molecular formula is C22H23F3N6O2S. The number of nitrogens with zero attached hydrogens (tertiary/aromatic N) is 4. The first-order valence-corrected chi connectivity index (χ1v) is 11.9. The monoisotopic (exact) mass is 492 g/mol. The summed E-state index contributed by atoms with van der Waals surface area (Å²) in [5, 5.41) is 6.25. The van der Waals surface area contributed by atoms with Crippen molar-refractivity contribution in [1.29, 1.82) is 0 Å². The van der Waals surface area contributed by atoms with Gasteiger partial charge in [0, 0.05) is 19.6 Å². The molecule has 34 heavy (non-hydrogen) atoms. The molecular weight excluding hydrogens is 469 g/mol. The molecule has 2 aliphatic rings. The van der Waals surface area contributed by atoms with Crippen molar-refractivity contribution in [2.75, 3.05) is 24.5 Å². The van der Waals surface area contributed by atoms with E-state index in [1.54, 1.807) is 4.90 Å². The summed E-state index contributed by atoms with van der Waals surface area (Å²) in [5.41, 5.74) is 0.0827. The molecule has 2 N–H and O–H groups in total. The van der Waals surface area contributed by atoms with Gasteiger partial charge in [0.2, 0.25) is 11.7 Å². The summed E-state index contributed by atoms with van der Waals surface area (Å²) >= 11 is 0.921. The Hall–Kier alpha value is -2.99. The van der Waals surface area contributed by atoms with E-state index < -0.39 is 29.6 Å². The van der Waals surface area contributed by atoms with E-state index in [1.807, 2.05) is 30.3 Å². The highest BCUT2D eigenvalue weighted by molar-refractivity contribution is 7.21. The van der Waals surface area contributed by atoms with Gasteiger partial charge in [0.15, 0.2) is 15.5 Å². The number of carbonyl (C=O) groups is 1. The fraction of sp³-hybridized carbons (Fsp3) is 0.455. The van der Waals surface area contributed by atoms with Crippen LogP contribution in [-0.4, -0.2) is 46.1 Å². The van der Waals surface area contributed by atoms with Gasteiger partial charge in [0.05, 0.1) is 6.04 Å². The smallest absolute Gasteiger partial charge is 0.350 e. The number of hydrogen-bond acceptors (Lipinski definition) is 7. The molecule has 2 unspecified atom stereocenters. The maximum absolute atomic E-state index is 13.8. The summed E-state index contributed by atoms with van der Waals surface area (Å²) in [6.07, 6.45) is -3.04. The molecule has 2 saturated heterocycles. The number of aromatic nitrogens is 3. The van der Waals surface area contributed by atoms with Gasteiger partial charge < -0.3 is 15.5 Å². The Kier molecular flexibility index (Phi) is 6.02. The van der Waals surface area contributed by atoms with E-state index in [0.29, 0.717) is 37.6 Å². The van der Waals surface area contributed by atoms with E-state index in [9.17, 15) is 22.8 Å². The fourth-order valence-electron chi connectivity index (χ4n) is 4.57. The predicted octanol–water partition coefficient (Wildman–Crippen LogP) is 2.69. The second-order valence-electron chi connectivity index (χ2n) is 8.46. The van der Waals surface area contributed by atoms with E-state index in [-0.39, 0.29) is 22.8 Å². The van der Waals surface area contributed by atoms with Crippen LogP contribution in [0.5, 0.6) is 0 Å². The summed E-state index contributed by atoms with van der Waals surface area (Å²) in [6, 6.07) is 8.36. The van der Waals surface area contributed by atoms with Crippen molar-refractivity contribution in [3.63, 3.8) is 0 Å². The molecule has 0 radical (unpaired) electrons. The Labute approximate surface area is 196 Å². The summed E-state index contributed by atoms with van der Waals surface area (Å²) in [6.45, 7) is 1.70.